The van der Waals surface area contributed by atoms with Crippen LogP contribution in [0.3, 0.4) is 0 Å². The molecule has 2 N–H and O–H groups in total. The standard InChI is InChI=1S/C20H33N5O.HI/c1-3-9-23-10-8-17(16-23)15-22-20(21-2)25-13-11-24(12-14-25)18-6-4-5-7-19(18)26;/h4-7,17,26H,3,8-16H2,1-2H3,(H,21,22);1H. The molecular weight excluding hydrogens is 453 g/mol. The van der Waals surface area contributed by atoms with Crippen molar-refractivity contribution >= 4 is 35.6 Å². The quantitative estimate of drug-likeness (QED) is 0.380. The molecule has 1 unspecified atom stereocenters. The van der Waals surface area contributed by atoms with Crippen LogP contribution in [0.25, 0.3) is 0 Å². The van der Waals surface area contributed by atoms with Crippen LogP contribution >= 0.6 is 24.0 Å². The van der Waals surface area contributed by atoms with Gasteiger partial charge in [0.15, 0.2) is 5.96 Å². The van der Waals surface area contributed by atoms with Gasteiger partial charge in [0.25, 0.3) is 0 Å². The third kappa shape index (κ3) is 5.88. The number of nitrogens with zero attached hydrogens (tertiary/aromatic N) is 4. The van der Waals surface area contributed by atoms with E-state index < -0.39 is 0 Å². The second kappa shape index (κ2) is 10.9. The van der Waals surface area contributed by atoms with Gasteiger partial charge in [-0.3, -0.25) is 4.99 Å². The lowest BCUT2D eigenvalue weighted by Crippen LogP contribution is -2.53. The van der Waals surface area contributed by atoms with E-state index in [4.69, 9.17) is 0 Å². The van der Waals surface area contributed by atoms with Gasteiger partial charge in [-0.2, -0.15) is 0 Å². The first kappa shape index (κ1) is 22.1. The van der Waals surface area contributed by atoms with Gasteiger partial charge >= 0.3 is 0 Å². The SMILES string of the molecule is CCCN1CCC(CNC(=NC)N2CCN(c3ccccc3O)CC2)C1.I. The van der Waals surface area contributed by atoms with Crippen LogP contribution in [-0.2, 0) is 0 Å². The summed E-state index contributed by atoms with van der Waals surface area (Å²) in [5.41, 5.74) is 0.928. The van der Waals surface area contributed by atoms with Crippen LogP contribution in [0.15, 0.2) is 29.3 Å². The zero-order valence-corrected chi connectivity index (χ0v) is 18.9. The fourth-order valence-electron chi connectivity index (χ4n) is 4.06. The molecule has 1 aromatic rings. The van der Waals surface area contributed by atoms with Crippen molar-refractivity contribution in [1.29, 1.82) is 0 Å². The number of piperazine rings is 1. The number of nitrogens with one attached hydrogen (secondary N) is 1. The summed E-state index contributed by atoms with van der Waals surface area (Å²) in [6.45, 7) is 10.5. The molecule has 152 valence electrons. The number of aromatic hydroxyl groups is 1. The van der Waals surface area contributed by atoms with Gasteiger partial charge in [-0.15, -0.1) is 24.0 Å². The van der Waals surface area contributed by atoms with Crippen LogP contribution in [0.5, 0.6) is 5.75 Å². The molecule has 0 aromatic heterocycles. The summed E-state index contributed by atoms with van der Waals surface area (Å²) in [7, 11) is 1.87. The minimum atomic E-state index is 0. The Balaban J connectivity index is 0.00000261. The Kier molecular flexibility index (Phi) is 8.95. The Morgan fingerprint density at radius 1 is 1.19 bits per heavy atom. The maximum Gasteiger partial charge on any atom is 0.193 e. The predicted octanol–water partition coefficient (Wildman–Crippen LogP) is 2.44. The van der Waals surface area contributed by atoms with E-state index in [0.29, 0.717) is 5.75 Å². The summed E-state index contributed by atoms with van der Waals surface area (Å²) in [5, 5.41) is 13.6. The molecule has 0 saturated carbocycles. The average Bonchev–Trinajstić information content (AvgIpc) is 3.11. The normalized spacial score (nSPS) is 21.3. The molecule has 2 aliphatic heterocycles. The van der Waals surface area contributed by atoms with Crippen molar-refractivity contribution in [3.63, 3.8) is 0 Å². The number of hydrogen-bond acceptors (Lipinski definition) is 4. The molecule has 27 heavy (non-hydrogen) atoms. The zero-order valence-electron chi connectivity index (χ0n) is 16.6. The number of phenols is 1. The first-order valence-corrected chi connectivity index (χ1v) is 9.92. The van der Waals surface area contributed by atoms with Crippen LogP contribution in [0.4, 0.5) is 5.69 Å². The topological polar surface area (TPSA) is 54.3 Å². The molecule has 0 aliphatic carbocycles. The largest absolute Gasteiger partial charge is 0.506 e. The second-order valence-electron chi connectivity index (χ2n) is 7.35. The molecule has 7 heteroatoms. The van der Waals surface area contributed by atoms with Crippen LogP contribution in [-0.4, -0.2) is 80.3 Å². The van der Waals surface area contributed by atoms with Gasteiger partial charge in [-0.05, 0) is 44.0 Å². The zero-order chi connectivity index (χ0) is 18.4. The molecular formula is C20H34IN5O. The van der Waals surface area contributed by atoms with Gasteiger partial charge in [-0.25, -0.2) is 0 Å². The third-order valence-corrected chi connectivity index (χ3v) is 5.47. The highest BCUT2D eigenvalue weighted by Gasteiger charge is 2.24. The lowest BCUT2D eigenvalue weighted by atomic mass is 10.1. The molecule has 0 amide bonds. The Morgan fingerprint density at radius 2 is 1.93 bits per heavy atom. The molecule has 2 saturated heterocycles. The van der Waals surface area contributed by atoms with E-state index in [2.05, 4.69) is 31.9 Å². The fourth-order valence-corrected chi connectivity index (χ4v) is 4.06. The smallest absolute Gasteiger partial charge is 0.193 e. The van der Waals surface area contributed by atoms with Gasteiger partial charge in [0.1, 0.15) is 5.75 Å². The van der Waals surface area contributed by atoms with Gasteiger partial charge < -0.3 is 25.1 Å². The number of halogens is 1. The van der Waals surface area contributed by atoms with E-state index in [9.17, 15) is 5.11 Å². The summed E-state index contributed by atoms with van der Waals surface area (Å²) in [5.74, 6) is 2.10. The lowest BCUT2D eigenvalue weighted by Gasteiger charge is -2.38. The van der Waals surface area contributed by atoms with Crippen molar-refractivity contribution in [3.05, 3.63) is 24.3 Å². The minimum Gasteiger partial charge on any atom is -0.506 e. The van der Waals surface area contributed by atoms with Crippen LogP contribution in [0.2, 0.25) is 0 Å². The van der Waals surface area contributed by atoms with Crippen molar-refractivity contribution in [2.75, 3.05) is 64.3 Å². The van der Waals surface area contributed by atoms with Gasteiger partial charge in [-0.1, -0.05) is 19.1 Å². The fraction of sp³-hybridized carbons (Fsp3) is 0.650. The highest BCUT2D eigenvalue weighted by molar-refractivity contribution is 14.0. The Hall–Kier alpha value is -1.22. The minimum absolute atomic E-state index is 0. The molecule has 1 aromatic carbocycles. The molecule has 6 nitrogen and oxygen atoms in total. The molecule has 0 spiro atoms. The molecule has 2 fully saturated rings. The van der Waals surface area contributed by atoms with E-state index in [0.717, 1.165) is 50.3 Å². The van der Waals surface area contributed by atoms with Crippen molar-refractivity contribution in [1.82, 2.24) is 15.1 Å². The number of phenolic OH excluding ortho intramolecular Hbond substituents is 1. The van der Waals surface area contributed by atoms with Crippen molar-refractivity contribution in [3.8, 4) is 5.75 Å². The van der Waals surface area contributed by atoms with Crippen LogP contribution in [0, 0.1) is 5.92 Å². The number of likely N-dealkylation sites (tertiary alicyclic amines) is 1. The van der Waals surface area contributed by atoms with E-state index in [-0.39, 0.29) is 24.0 Å². The summed E-state index contributed by atoms with van der Waals surface area (Å²) >= 11 is 0. The van der Waals surface area contributed by atoms with E-state index in [1.807, 2.05) is 25.2 Å². The molecule has 3 rings (SSSR count). The van der Waals surface area contributed by atoms with E-state index in [1.165, 1.54) is 32.5 Å². The van der Waals surface area contributed by atoms with Crippen LogP contribution in [0.1, 0.15) is 19.8 Å². The van der Waals surface area contributed by atoms with Gasteiger partial charge in [0.05, 0.1) is 5.69 Å². The van der Waals surface area contributed by atoms with Crippen LogP contribution < -0.4 is 10.2 Å². The summed E-state index contributed by atoms with van der Waals surface area (Å²) in [4.78, 5) is 11.6. The number of para-hydroxylation sites is 2. The van der Waals surface area contributed by atoms with Crippen molar-refractivity contribution in [2.24, 2.45) is 10.9 Å². The number of hydrogen-bond donors (Lipinski definition) is 2. The number of benzene rings is 1. The van der Waals surface area contributed by atoms with Gasteiger partial charge in [0.2, 0.25) is 0 Å². The third-order valence-electron chi connectivity index (χ3n) is 5.47. The maximum atomic E-state index is 10.1. The summed E-state index contributed by atoms with van der Waals surface area (Å²) < 4.78 is 0. The molecule has 2 aliphatic rings. The monoisotopic (exact) mass is 487 g/mol. The predicted molar refractivity (Wildman–Crippen MR) is 124 cm³/mol. The average molecular weight is 487 g/mol. The van der Waals surface area contributed by atoms with E-state index in [1.54, 1.807) is 6.07 Å². The first-order chi connectivity index (χ1) is 12.7. The number of rotatable bonds is 5. The summed E-state index contributed by atoms with van der Waals surface area (Å²) in [6.07, 6.45) is 2.52. The van der Waals surface area contributed by atoms with E-state index >= 15 is 0 Å². The first-order valence-electron chi connectivity index (χ1n) is 9.92. The number of guanidine groups is 1. The summed E-state index contributed by atoms with van der Waals surface area (Å²) in [6, 6.07) is 7.59. The molecule has 0 bridgehead atoms. The number of aliphatic imine (C=N–C) groups is 1. The number of anilines is 1. The maximum absolute atomic E-state index is 10.1. The molecule has 2 heterocycles. The molecule has 0 radical (unpaired) electrons. The van der Waals surface area contributed by atoms with Crippen molar-refractivity contribution in [2.45, 2.75) is 19.8 Å². The molecule has 1 atom stereocenters. The Bertz CT molecular complexity index is 604. The van der Waals surface area contributed by atoms with Gasteiger partial charge in [0, 0.05) is 46.3 Å². The van der Waals surface area contributed by atoms with Crippen molar-refractivity contribution < 1.29 is 5.11 Å². The Labute approximate surface area is 180 Å². The Morgan fingerprint density at radius 3 is 2.59 bits per heavy atom. The highest BCUT2D eigenvalue weighted by Crippen LogP contribution is 2.27. The second-order valence-corrected chi connectivity index (χ2v) is 7.35. The lowest BCUT2D eigenvalue weighted by molar-refractivity contribution is 0.322. The highest BCUT2D eigenvalue weighted by atomic mass is 127.